The number of H-pyrrole nitrogens is 1. The predicted octanol–water partition coefficient (Wildman–Crippen LogP) is 3.05. The number of piperidine rings is 1. The average molecular weight is 426 g/mol. The topological polar surface area (TPSA) is 82.9 Å². The Kier molecular flexibility index (Phi) is 5.89. The molecule has 0 bridgehead atoms. The maximum Gasteiger partial charge on any atom is 0.270 e. The number of fused-ring (bicyclic) bond motifs is 1. The number of rotatable bonds is 3. The summed E-state index contributed by atoms with van der Waals surface area (Å²) in [7, 11) is 1.68. The fourth-order valence-electron chi connectivity index (χ4n) is 4.13. The smallest absolute Gasteiger partial charge is 0.270 e. The molecular formula is C23H31N5O3. The van der Waals surface area contributed by atoms with Crippen LogP contribution in [0.2, 0.25) is 0 Å². The van der Waals surface area contributed by atoms with Crippen molar-refractivity contribution in [3.63, 3.8) is 0 Å². The van der Waals surface area contributed by atoms with E-state index in [-0.39, 0.29) is 17.7 Å². The molecule has 0 aliphatic carbocycles. The highest BCUT2D eigenvalue weighted by molar-refractivity contribution is 5.94. The molecule has 0 aromatic carbocycles. The van der Waals surface area contributed by atoms with E-state index in [1.165, 1.54) is 0 Å². The Balaban J connectivity index is 1.63. The number of aromatic nitrogens is 2. The lowest BCUT2D eigenvalue weighted by atomic mass is 9.99. The molecule has 8 nitrogen and oxygen atoms in total. The minimum absolute atomic E-state index is 0.00146. The SMILES string of the molecule is C/N=c1/cc(N2CCOc3cc(C(=O)N4CCC(C)CC4)[nH]c32)ccn1C(=O)C(C)C. The number of pyridine rings is 1. The van der Waals surface area contributed by atoms with E-state index in [2.05, 4.69) is 21.8 Å². The Morgan fingerprint density at radius 1 is 1.19 bits per heavy atom. The fourth-order valence-corrected chi connectivity index (χ4v) is 4.13. The molecule has 8 heteroatoms. The number of aromatic amines is 1. The third-order valence-corrected chi connectivity index (χ3v) is 6.10. The average Bonchev–Trinajstić information content (AvgIpc) is 3.22. The largest absolute Gasteiger partial charge is 0.488 e. The second-order valence-electron chi connectivity index (χ2n) is 8.70. The highest BCUT2D eigenvalue weighted by Gasteiger charge is 2.28. The van der Waals surface area contributed by atoms with Crippen LogP contribution in [0.1, 0.15) is 48.9 Å². The Hall–Kier alpha value is -3.03. The van der Waals surface area contributed by atoms with Gasteiger partial charge in [0.25, 0.3) is 5.91 Å². The first kappa shape index (κ1) is 21.2. The van der Waals surface area contributed by atoms with E-state index in [0.29, 0.717) is 36.0 Å². The van der Waals surface area contributed by atoms with E-state index in [1.54, 1.807) is 23.9 Å². The fraction of sp³-hybridized carbons (Fsp3) is 0.522. The number of anilines is 2. The molecule has 2 aromatic rings. The number of likely N-dealkylation sites (tertiary alicyclic amines) is 1. The maximum atomic E-state index is 13.0. The van der Waals surface area contributed by atoms with Crippen molar-refractivity contribution in [3.05, 3.63) is 35.6 Å². The van der Waals surface area contributed by atoms with Gasteiger partial charge in [0.2, 0.25) is 5.91 Å². The first-order valence-electron chi connectivity index (χ1n) is 11.0. The van der Waals surface area contributed by atoms with Crippen molar-refractivity contribution in [3.8, 4) is 5.75 Å². The van der Waals surface area contributed by atoms with Gasteiger partial charge in [-0.1, -0.05) is 20.8 Å². The number of hydrogen-bond donors (Lipinski definition) is 1. The number of carbonyl (C=O) groups is 2. The number of nitrogens with zero attached hydrogens (tertiary/aromatic N) is 4. The molecule has 2 aromatic heterocycles. The Morgan fingerprint density at radius 2 is 1.94 bits per heavy atom. The Morgan fingerprint density at radius 3 is 2.61 bits per heavy atom. The van der Waals surface area contributed by atoms with Crippen LogP contribution in [0.4, 0.5) is 11.5 Å². The van der Waals surface area contributed by atoms with Gasteiger partial charge in [0.05, 0.1) is 6.54 Å². The van der Waals surface area contributed by atoms with E-state index in [1.807, 2.05) is 30.9 Å². The summed E-state index contributed by atoms with van der Waals surface area (Å²) in [4.78, 5) is 37.1. The highest BCUT2D eigenvalue weighted by atomic mass is 16.5. The summed E-state index contributed by atoms with van der Waals surface area (Å²) in [5.41, 5.74) is 2.04. The van der Waals surface area contributed by atoms with Crippen LogP contribution < -0.4 is 15.1 Å². The molecule has 2 aliphatic heterocycles. The van der Waals surface area contributed by atoms with E-state index >= 15 is 0 Å². The molecule has 0 atom stereocenters. The van der Waals surface area contributed by atoms with Gasteiger partial charge >= 0.3 is 0 Å². The summed E-state index contributed by atoms with van der Waals surface area (Å²) in [6.07, 6.45) is 3.84. The molecule has 4 heterocycles. The Labute approximate surface area is 182 Å². The molecule has 1 saturated heterocycles. The van der Waals surface area contributed by atoms with Crippen molar-refractivity contribution in [2.24, 2.45) is 16.8 Å². The standard InChI is InChI=1S/C23H31N5O3/c1-15(2)22(29)28-10-7-17(13-20(28)24-4)27-11-12-31-19-14-18(25-21(19)27)23(30)26-8-5-16(3)6-9-26/h7,10,13-16,25H,5-6,8-9,11-12H2,1-4H3/b24-20-. The summed E-state index contributed by atoms with van der Waals surface area (Å²) < 4.78 is 7.41. The van der Waals surface area contributed by atoms with Crippen molar-refractivity contribution in [1.29, 1.82) is 0 Å². The van der Waals surface area contributed by atoms with Gasteiger partial charge in [0, 0.05) is 50.1 Å². The lowest BCUT2D eigenvalue weighted by Gasteiger charge is -2.30. The number of hydrogen-bond acceptors (Lipinski definition) is 5. The number of amides is 1. The van der Waals surface area contributed by atoms with Crippen molar-refractivity contribution in [2.75, 3.05) is 38.2 Å². The molecule has 0 spiro atoms. The van der Waals surface area contributed by atoms with Gasteiger partial charge in [0.15, 0.2) is 11.6 Å². The summed E-state index contributed by atoms with van der Waals surface area (Å²) in [6, 6.07) is 5.60. The molecule has 166 valence electrons. The van der Waals surface area contributed by atoms with Gasteiger partial charge in [-0.2, -0.15) is 0 Å². The van der Waals surface area contributed by atoms with Gasteiger partial charge in [-0.25, -0.2) is 0 Å². The van der Waals surface area contributed by atoms with E-state index < -0.39 is 0 Å². The summed E-state index contributed by atoms with van der Waals surface area (Å²) in [6.45, 7) is 8.70. The van der Waals surface area contributed by atoms with Crippen molar-refractivity contribution >= 4 is 23.3 Å². The van der Waals surface area contributed by atoms with Crippen LogP contribution >= 0.6 is 0 Å². The zero-order valence-electron chi connectivity index (χ0n) is 18.7. The highest BCUT2D eigenvalue weighted by Crippen LogP contribution is 2.36. The van der Waals surface area contributed by atoms with Gasteiger partial charge < -0.3 is 19.5 Å². The van der Waals surface area contributed by atoms with Gasteiger partial charge in [0.1, 0.15) is 17.8 Å². The molecule has 0 saturated carbocycles. The summed E-state index contributed by atoms with van der Waals surface area (Å²) in [5, 5.41) is 0. The summed E-state index contributed by atoms with van der Waals surface area (Å²) in [5.74, 6) is 1.99. The normalized spacial score (nSPS) is 17.6. The zero-order chi connectivity index (χ0) is 22.1. The monoisotopic (exact) mass is 425 g/mol. The second-order valence-corrected chi connectivity index (χ2v) is 8.70. The minimum atomic E-state index is -0.124. The quantitative estimate of drug-likeness (QED) is 0.819. The zero-order valence-corrected chi connectivity index (χ0v) is 18.7. The van der Waals surface area contributed by atoms with Crippen LogP contribution in [-0.4, -0.2) is 59.6 Å². The van der Waals surface area contributed by atoms with Gasteiger partial charge in [-0.15, -0.1) is 0 Å². The third kappa shape index (κ3) is 4.11. The molecule has 4 rings (SSSR count). The first-order chi connectivity index (χ1) is 14.9. The molecule has 1 N–H and O–H groups in total. The van der Waals surface area contributed by atoms with Crippen LogP contribution in [0.3, 0.4) is 0 Å². The van der Waals surface area contributed by atoms with E-state index in [9.17, 15) is 9.59 Å². The van der Waals surface area contributed by atoms with Crippen LogP contribution in [0.25, 0.3) is 0 Å². The number of carbonyl (C=O) groups excluding carboxylic acids is 2. The minimum Gasteiger partial charge on any atom is -0.488 e. The molecule has 2 aliphatic rings. The summed E-state index contributed by atoms with van der Waals surface area (Å²) >= 11 is 0. The van der Waals surface area contributed by atoms with Crippen LogP contribution in [0, 0.1) is 11.8 Å². The maximum absolute atomic E-state index is 13.0. The Bertz CT molecular complexity index is 1040. The number of nitrogens with one attached hydrogen (secondary N) is 1. The van der Waals surface area contributed by atoms with E-state index in [0.717, 1.165) is 37.4 Å². The van der Waals surface area contributed by atoms with Crippen molar-refractivity contribution in [2.45, 2.75) is 33.6 Å². The lowest BCUT2D eigenvalue weighted by molar-refractivity contribution is 0.0691. The predicted molar refractivity (Wildman–Crippen MR) is 119 cm³/mol. The van der Waals surface area contributed by atoms with Crippen molar-refractivity contribution < 1.29 is 14.3 Å². The number of ether oxygens (including phenoxy) is 1. The lowest BCUT2D eigenvalue weighted by Crippen LogP contribution is -2.38. The first-order valence-corrected chi connectivity index (χ1v) is 11.0. The molecule has 1 fully saturated rings. The molecule has 1 amide bonds. The van der Waals surface area contributed by atoms with E-state index in [4.69, 9.17) is 4.74 Å². The molecular weight excluding hydrogens is 394 g/mol. The van der Waals surface area contributed by atoms with Gasteiger partial charge in [-0.3, -0.25) is 19.1 Å². The van der Waals surface area contributed by atoms with Crippen LogP contribution in [0.15, 0.2) is 29.4 Å². The van der Waals surface area contributed by atoms with Crippen molar-refractivity contribution in [1.82, 2.24) is 14.5 Å². The van der Waals surface area contributed by atoms with Gasteiger partial charge in [-0.05, 0) is 24.8 Å². The van der Waals surface area contributed by atoms with Crippen LogP contribution in [0.5, 0.6) is 5.75 Å². The third-order valence-electron chi connectivity index (χ3n) is 6.10. The molecule has 31 heavy (non-hydrogen) atoms. The molecule has 0 unspecified atom stereocenters. The molecule has 0 radical (unpaired) electrons. The second kappa shape index (κ2) is 8.61. The van der Waals surface area contributed by atoms with Crippen LogP contribution in [-0.2, 0) is 0 Å².